The smallest absolute Gasteiger partial charge is 0.319 e. The van der Waals surface area contributed by atoms with E-state index in [9.17, 15) is 22.4 Å². The quantitative estimate of drug-likeness (QED) is 0.696. The molecule has 2 saturated heterocycles. The van der Waals surface area contributed by atoms with Crippen molar-refractivity contribution in [2.75, 3.05) is 41.6 Å². The Morgan fingerprint density at radius 2 is 1.88 bits per heavy atom. The Morgan fingerprint density at radius 3 is 2.64 bits per heavy atom. The first-order chi connectivity index (χ1) is 15.8. The summed E-state index contributed by atoms with van der Waals surface area (Å²) in [5, 5.41) is 5.39. The lowest BCUT2D eigenvalue weighted by Gasteiger charge is -2.33. The summed E-state index contributed by atoms with van der Waals surface area (Å²) in [6, 6.07) is 12.0. The van der Waals surface area contributed by atoms with Crippen LogP contribution in [0, 0.1) is 11.7 Å². The molecule has 2 aromatic rings. The van der Waals surface area contributed by atoms with Gasteiger partial charge in [-0.15, -0.1) is 0 Å². The van der Waals surface area contributed by atoms with Crippen molar-refractivity contribution < 1.29 is 22.4 Å². The summed E-state index contributed by atoms with van der Waals surface area (Å²) in [5.74, 6) is -0.371. The van der Waals surface area contributed by atoms with Crippen LogP contribution in [0.1, 0.15) is 29.6 Å². The van der Waals surface area contributed by atoms with Crippen LogP contribution in [0.4, 0.5) is 20.6 Å². The van der Waals surface area contributed by atoms with Crippen LogP contribution < -0.4 is 14.9 Å². The van der Waals surface area contributed by atoms with Gasteiger partial charge in [-0.05, 0) is 61.6 Å². The highest BCUT2D eigenvalue weighted by atomic mass is 32.2. The Kier molecular flexibility index (Phi) is 6.83. The molecule has 2 aliphatic heterocycles. The molecule has 0 saturated carbocycles. The molecule has 3 amide bonds. The van der Waals surface area contributed by atoms with Crippen LogP contribution >= 0.6 is 0 Å². The van der Waals surface area contributed by atoms with Crippen molar-refractivity contribution in [3.8, 4) is 0 Å². The van der Waals surface area contributed by atoms with Crippen molar-refractivity contribution in [3.63, 3.8) is 0 Å². The van der Waals surface area contributed by atoms with Crippen molar-refractivity contribution in [3.05, 3.63) is 59.9 Å². The number of hydrogen-bond donors (Lipinski definition) is 2. The Labute approximate surface area is 192 Å². The summed E-state index contributed by atoms with van der Waals surface area (Å²) in [7, 11) is -3.32. The first-order valence-corrected chi connectivity index (χ1v) is 12.6. The summed E-state index contributed by atoms with van der Waals surface area (Å²) in [4.78, 5) is 27.0. The average Bonchev–Trinajstić information content (AvgIpc) is 3.16. The molecule has 2 N–H and O–H groups in total. The fourth-order valence-electron chi connectivity index (χ4n) is 4.30. The summed E-state index contributed by atoms with van der Waals surface area (Å²) in [5.41, 5.74) is 1.34. The maximum atomic E-state index is 13.3. The zero-order chi connectivity index (χ0) is 23.4. The zero-order valence-corrected chi connectivity index (χ0v) is 19.0. The Hall–Kier alpha value is -3.14. The second kappa shape index (κ2) is 9.78. The van der Waals surface area contributed by atoms with Crippen LogP contribution in [0.5, 0.6) is 0 Å². The number of carbonyl (C=O) groups excluding carboxylic acids is 2. The number of rotatable bonds is 5. The normalized spacial score (nSPS) is 19.8. The third-order valence-corrected chi connectivity index (χ3v) is 7.79. The van der Waals surface area contributed by atoms with Gasteiger partial charge < -0.3 is 15.5 Å². The molecule has 2 aliphatic rings. The number of nitrogens with zero attached hydrogens (tertiary/aromatic N) is 2. The molecule has 176 valence electrons. The molecule has 4 rings (SSSR count). The van der Waals surface area contributed by atoms with Gasteiger partial charge in [0.25, 0.3) is 5.91 Å². The minimum atomic E-state index is -3.32. The number of hydrogen-bond acceptors (Lipinski definition) is 4. The van der Waals surface area contributed by atoms with Crippen LogP contribution in [-0.2, 0) is 10.0 Å². The summed E-state index contributed by atoms with van der Waals surface area (Å²) < 4.78 is 39.1. The molecule has 0 aliphatic carbocycles. The van der Waals surface area contributed by atoms with E-state index in [0.29, 0.717) is 49.5 Å². The van der Waals surface area contributed by atoms with Gasteiger partial charge >= 0.3 is 6.03 Å². The van der Waals surface area contributed by atoms with Crippen LogP contribution in [0.3, 0.4) is 0 Å². The molecule has 10 heteroatoms. The van der Waals surface area contributed by atoms with Crippen molar-refractivity contribution in [1.82, 2.24) is 10.2 Å². The van der Waals surface area contributed by atoms with E-state index in [-0.39, 0.29) is 17.6 Å². The Bertz CT molecular complexity index is 1140. The lowest BCUT2D eigenvalue weighted by molar-refractivity contribution is 0.0675. The van der Waals surface area contributed by atoms with Crippen molar-refractivity contribution >= 4 is 33.3 Å². The number of anilines is 2. The number of likely N-dealkylation sites (tertiary alicyclic amines) is 1. The van der Waals surface area contributed by atoms with Crippen LogP contribution in [0.2, 0.25) is 0 Å². The largest absolute Gasteiger partial charge is 0.338 e. The summed E-state index contributed by atoms with van der Waals surface area (Å²) >= 11 is 0. The van der Waals surface area contributed by atoms with Crippen LogP contribution in [0.25, 0.3) is 0 Å². The predicted molar refractivity (Wildman–Crippen MR) is 124 cm³/mol. The van der Waals surface area contributed by atoms with Crippen molar-refractivity contribution in [1.29, 1.82) is 0 Å². The molecule has 0 bridgehead atoms. The molecule has 2 heterocycles. The van der Waals surface area contributed by atoms with Gasteiger partial charge in [0.05, 0.1) is 11.4 Å². The Morgan fingerprint density at radius 1 is 1.06 bits per heavy atom. The fourth-order valence-corrected chi connectivity index (χ4v) is 5.86. The molecular formula is C23H27FN4O4S. The SMILES string of the molecule is O=C(NCC1CCCN(C(=O)c2cccc(N3CCCS3(=O)=O)c2)C1)Nc1cccc(F)c1. The standard InChI is InChI=1S/C23H27FN4O4S/c24-19-7-2-8-20(14-19)26-23(30)25-15-17-5-3-10-27(16-17)22(29)18-6-1-9-21(13-18)28-11-4-12-33(28,31)32/h1-2,6-9,13-14,17H,3-5,10-12,15-16H2,(H2,25,26,30). The van der Waals surface area contributed by atoms with Gasteiger partial charge in [-0.2, -0.15) is 0 Å². The van der Waals surface area contributed by atoms with Gasteiger partial charge in [0, 0.05) is 37.4 Å². The molecule has 2 fully saturated rings. The second-order valence-corrected chi connectivity index (χ2v) is 10.4. The molecule has 1 unspecified atom stereocenters. The van der Waals surface area contributed by atoms with E-state index in [1.54, 1.807) is 35.2 Å². The number of urea groups is 1. The first-order valence-electron chi connectivity index (χ1n) is 11.0. The summed E-state index contributed by atoms with van der Waals surface area (Å²) in [6.07, 6.45) is 2.26. The molecule has 2 aromatic carbocycles. The highest BCUT2D eigenvalue weighted by Crippen LogP contribution is 2.26. The highest BCUT2D eigenvalue weighted by molar-refractivity contribution is 7.93. The second-order valence-electron chi connectivity index (χ2n) is 8.40. The van der Waals surface area contributed by atoms with Gasteiger partial charge in [0.2, 0.25) is 10.0 Å². The molecule has 33 heavy (non-hydrogen) atoms. The number of piperidine rings is 1. The van der Waals surface area contributed by atoms with Gasteiger partial charge in [-0.3, -0.25) is 9.10 Å². The first kappa shape index (κ1) is 23.0. The van der Waals surface area contributed by atoms with E-state index in [0.717, 1.165) is 12.8 Å². The maximum Gasteiger partial charge on any atom is 0.319 e. The molecule has 0 spiro atoms. The van der Waals surface area contributed by atoms with Crippen molar-refractivity contribution in [2.45, 2.75) is 19.3 Å². The molecule has 8 nitrogen and oxygen atoms in total. The Balaban J connectivity index is 1.34. The van der Waals surface area contributed by atoms with E-state index in [4.69, 9.17) is 0 Å². The number of benzene rings is 2. The lowest BCUT2D eigenvalue weighted by atomic mass is 9.97. The van der Waals surface area contributed by atoms with Gasteiger partial charge in [0.1, 0.15) is 5.82 Å². The topological polar surface area (TPSA) is 98.8 Å². The van der Waals surface area contributed by atoms with Crippen molar-refractivity contribution in [2.24, 2.45) is 5.92 Å². The van der Waals surface area contributed by atoms with E-state index < -0.39 is 21.9 Å². The third-order valence-electron chi connectivity index (χ3n) is 5.92. The molecular weight excluding hydrogens is 447 g/mol. The van der Waals surface area contributed by atoms with E-state index in [2.05, 4.69) is 10.6 Å². The monoisotopic (exact) mass is 474 g/mol. The zero-order valence-electron chi connectivity index (χ0n) is 18.2. The van der Waals surface area contributed by atoms with Gasteiger partial charge in [-0.25, -0.2) is 17.6 Å². The number of sulfonamides is 1. The van der Waals surface area contributed by atoms with E-state index in [1.165, 1.54) is 22.5 Å². The summed E-state index contributed by atoms with van der Waals surface area (Å²) in [6.45, 7) is 1.91. The van der Waals surface area contributed by atoms with E-state index >= 15 is 0 Å². The molecule has 0 aromatic heterocycles. The van der Waals surface area contributed by atoms with Crippen LogP contribution in [-0.4, -0.2) is 57.2 Å². The van der Waals surface area contributed by atoms with Gasteiger partial charge in [-0.1, -0.05) is 12.1 Å². The average molecular weight is 475 g/mol. The van der Waals surface area contributed by atoms with E-state index in [1.807, 2.05) is 0 Å². The number of amides is 3. The fraction of sp³-hybridized carbons (Fsp3) is 0.391. The minimum Gasteiger partial charge on any atom is -0.338 e. The number of carbonyl (C=O) groups is 2. The predicted octanol–water partition coefficient (Wildman–Crippen LogP) is 3.04. The lowest BCUT2D eigenvalue weighted by Crippen LogP contribution is -2.44. The number of nitrogens with one attached hydrogen (secondary N) is 2. The highest BCUT2D eigenvalue weighted by Gasteiger charge is 2.30. The maximum absolute atomic E-state index is 13.3. The minimum absolute atomic E-state index is 0.0862. The number of halogens is 1. The van der Waals surface area contributed by atoms with Crippen LogP contribution in [0.15, 0.2) is 48.5 Å². The molecule has 1 atom stereocenters. The third kappa shape index (κ3) is 5.62. The molecule has 0 radical (unpaired) electrons. The van der Waals surface area contributed by atoms with Gasteiger partial charge in [0.15, 0.2) is 0 Å².